The van der Waals surface area contributed by atoms with Gasteiger partial charge in [-0.2, -0.15) is 0 Å². The van der Waals surface area contributed by atoms with Gasteiger partial charge in [-0.1, -0.05) is 18.2 Å². The summed E-state index contributed by atoms with van der Waals surface area (Å²) < 4.78 is 5.31. The number of nitrogens with zero attached hydrogens (tertiary/aromatic N) is 1. The number of carbonyl (C=O) groups excluding carboxylic acids is 2. The van der Waals surface area contributed by atoms with E-state index in [1.54, 1.807) is 13.8 Å². The van der Waals surface area contributed by atoms with E-state index in [1.807, 2.05) is 43.9 Å². The lowest BCUT2D eigenvalue weighted by atomic mass is 10.1. The predicted molar refractivity (Wildman–Crippen MR) is 97.2 cm³/mol. The molecule has 1 aromatic heterocycles. The number of H-pyrrole nitrogens is 1. The van der Waals surface area contributed by atoms with Gasteiger partial charge in [-0.15, -0.1) is 0 Å². The fourth-order valence-electron chi connectivity index (χ4n) is 3.54. The molecule has 1 atom stereocenters. The van der Waals surface area contributed by atoms with Gasteiger partial charge in [0.15, 0.2) is 0 Å². The Morgan fingerprint density at radius 2 is 1.92 bits per heavy atom. The first kappa shape index (κ1) is 17.3. The van der Waals surface area contributed by atoms with Gasteiger partial charge in [-0.25, -0.2) is 4.79 Å². The summed E-state index contributed by atoms with van der Waals surface area (Å²) in [5.41, 5.74) is 4.33. The lowest BCUT2D eigenvalue weighted by Crippen LogP contribution is -2.36. The van der Waals surface area contributed by atoms with Gasteiger partial charge in [-0.3, -0.25) is 4.79 Å². The number of para-hydroxylation sites is 1. The summed E-state index contributed by atoms with van der Waals surface area (Å²) in [6, 6.07) is 8.03. The van der Waals surface area contributed by atoms with Crippen LogP contribution in [0.2, 0.25) is 0 Å². The summed E-state index contributed by atoms with van der Waals surface area (Å²) in [6.07, 6.45) is 0.633. The van der Waals surface area contributed by atoms with E-state index >= 15 is 0 Å². The number of aromatic amines is 1. The highest BCUT2D eigenvalue weighted by Crippen LogP contribution is 2.34. The summed E-state index contributed by atoms with van der Waals surface area (Å²) in [5.74, 6) is -0.503. The van der Waals surface area contributed by atoms with Crippen molar-refractivity contribution in [3.05, 3.63) is 52.3 Å². The molecule has 2 heterocycles. The van der Waals surface area contributed by atoms with Gasteiger partial charge in [0.05, 0.1) is 11.7 Å². The molecule has 132 valence electrons. The minimum Gasteiger partial charge on any atom is -0.459 e. The van der Waals surface area contributed by atoms with Crippen molar-refractivity contribution in [2.75, 3.05) is 4.90 Å². The van der Waals surface area contributed by atoms with E-state index in [1.165, 1.54) is 5.56 Å². The fraction of sp³-hybridized carbons (Fsp3) is 0.400. The number of esters is 1. The number of amides is 1. The molecule has 0 spiro atoms. The quantitative estimate of drug-likeness (QED) is 0.865. The molecule has 1 unspecified atom stereocenters. The van der Waals surface area contributed by atoms with Crippen molar-refractivity contribution in [2.45, 2.75) is 53.2 Å². The molecule has 0 saturated heterocycles. The van der Waals surface area contributed by atoms with Crippen molar-refractivity contribution in [1.82, 2.24) is 4.98 Å². The van der Waals surface area contributed by atoms with Crippen LogP contribution in [0.25, 0.3) is 0 Å². The number of aryl methyl sites for hydroxylation is 1. The average molecular weight is 340 g/mol. The molecule has 1 N–H and O–H groups in total. The standard InChI is InChI=1S/C20H24N2O3/c1-11(2)25-20(24)17-13(4)18(21-14(17)5)19(23)22-12(3)10-15-8-6-7-9-16(15)22/h6-9,11-12,21H,10H2,1-5H3. The molecule has 1 amide bonds. The SMILES string of the molecule is Cc1[nH]c(C(=O)N2c3ccccc3CC2C)c(C)c1C(=O)OC(C)C. The molecule has 1 aliphatic heterocycles. The highest BCUT2D eigenvalue weighted by Gasteiger charge is 2.34. The molecule has 0 saturated carbocycles. The molecule has 1 aliphatic rings. The molecule has 5 heteroatoms. The van der Waals surface area contributed by atoms with E-state index in [0.717, 1.165) is 12.1 Å². The summed E-state index contributed by atoms with van der Waals surface area (Å²) in [6.45, 7) is 9.24. The fourth-order valence-corrected chi connectivity index (χ4v) is 3.54. The van der Waals surface area contributed by atoms with E-state index in [4.69, 9.17) is 4.74 Å². The van der Waals surface area contributed by atoms with Crippen molar-refractivity contribution in [1.29, 1.82) is 0 Å². The number of benzene rings is 1. The Balaban J connectivity index is 1.98. The molecule has 5 nitrogen and oxygen atoms in total. The topological polar surface area (TPSA) is 62.4 Å². The second kappa shape index (κ2) is 6.39. The number of aromatic nitrogens is 1. The van der Waals surface area contributed by atoms with Gasteiger partial charge in [-0.05, 0) is 58.2 Å². The molecule has 2 aromatic rings. The van der Waals surface area contributed by atoms with E-state index in [9.17, 15) is 9.59 Å². The molecule has 3 rings (SSSR count). The maximum absolute atomic E-state index is 13.2. The smallest absolute Gasteiger partial charge is 0.340 e. The molecule has 0 bridgehead atoms. The molecular formula is C20H24N2O3. The third-order valence-electron chi connectivity index (χ3n) is 4.62. The maximum atomic E-state index is 13.2. The van der Waals surface area contributed by atoms with Crippen LogP contribution in [0.5, 0.6) is 0 Å². The van der Waals surface area contributed by atoms with Gasteiger partial charge in [0.2, 0.25) is 0 Å². The van der Waals surface area contributed by atoms with Gasteiger partial charge >= 0.3 is 5.97 Å². The number of rotatable bonds is 3. The van der Waals surface area contributed by atoms with E-state index < -0.39 is 5.97 Å². The minimum absolute atomic E-state index is 0.0824. The molecule has 0 fully saturated rings. The van der Waals surface area contributed by atoms with Crippen LogP contribution in [0.3, 0.4) is 0 Å². The highest BCUT2D eigenvalue weighted by atomic mass is 16.5. The van der Waals surface area contributed by atoms with Crippen LogP contribution in [-0.2, 0) is 11.2 Å². The lowest BCUT2D eigenvalue weighted by molar-refractivity contribution is 0.0376. The van der Waals surface area contributed by atoms with Gasteiger partial charge < -0.3 is 14.6 Å². The van der Waals surface area contributed by atoms with Crippen LogP contribution in [-0.4, -0.2) is 29.0 Å². The van der Waals surface area contributed by atoms with Crippen molar-refractivity contribution in [3.8, 4) is 0 Å². The summed E-state index contributed by atoms with van der Waals surface area (Å²) in [4.78, 5) is 30.5. The Morgan fingerprint density at radius 1 is 1.24 bits per heavy atom. The summed E-state index contributed by atoms with van der Waals surface area (Å²) in [5, 5.41) is 0. The van der Waals surface area contributed by atoms with Crippen LogP contribution in [0.4, 0.5) is 5.69 Å². The lowest BCUT2D eigenvalue weighted by Gasteiger charge is -2.22. The number of anilines is 1. The Hall–Kier alpha value is -2.56. The molecule has 0 aliphatic carbocycles. The number of fused-ring (bicyclic) bond motifs is 1. The summed E-state index contributed by atoms with van der Waals surface area (Å²) >= 11 is 0. The number of carbonyl (C=O) groups is 2. The molecular weight excluding hydrogens is 316 g/mol. The first-order chi connectivity index (χ1) is 11.8. The largest absolute Gasteiger partial charge is 0.459 e. The first-order valence-electron chi connectivity index (χ1n) is 8.62. The summed E-state index contributed by atoms with van der Waals surface area (Å²) in [7, 11) is 0. The first-order valence-corrected chi connectivity index (χ1v) is 8.62. The Labute approximate surface area is 148 Å². The van der Waals surface area contributed by atoms with E-state index in [2.05, 4.69) is 11.1 Å². The Kier molecular flexibility index (Phi) is 4.41. The van der Waals surface area contributed by atoms with Crippen LogP contribution in [0, 0.1) is 13.8 Å². The number of hydrogen-bond acceptors (Lipinski definition) is 3. The van der Waals surface area contributed by atoms with Crippen LogP contribution in [0.15, 0.2) is 24.3 Å². The predicted octanol–water partition coefficient (Wildman–Crippen LogP) is 3.79. The minimum atomic E-state index is -0.393. The zero-order valence-corrected chi connectivity index (χ0v) is 15.3. The van der Waals surface area contributed by atoms with Gasteiger partial charge in [0.1, 0.15) is 5.69 Å². The third-order valence-corrected chi connectivity index (χ3v) is 4.62. The number of nitrogens with one attached hydrogen (secondary N) is 1. The number of ether oxygens (including phenoxy) is 1. The zero-order chi connectivity index (χ0) is 18.3. The average Bonchev–Trinajstić information content (AvgIpc) is 3.01. The van der Waals surface area contributed by atoms with Crippen LogP contribution >= 0.6 is 0 Å². The Bertz CT molecular complexity index is 835. The molecule has 25 heavy (non-hydrogen) atoms. The zero-order valence-electron chi connectivity index (χ0n) is 15.3. The highest BCUT2D eigenvalue weighted by molar-refractivity contribution is 6.09. The van der Waals surface area contributed by atoms with Gasteiger partial charge in [0.25, 0.3) is 5.91 Å². The van der Waals surface area contributed by atoms with E-state index in [0.29, 0.717) is 22.5 Å². The van der Waals surface area contributed by atoms with Gasteiger partial charge in [0, 0.05) is 17.4 Å². The van der Waals surface area contributed by atoms with Crippen LogP contribution in [0.1, 0.15) is 58.4 Å². The second-order valence-corrected chi connectivity index (χ2v) is 6.94. The van der Waals surface area contributed by atoms with Crippen LogP contribution < -0.4 is 4.90 Å². The van der Waals surface area contributed by atoms with Crippen molar-refractivity contribution in [3.63, 3.8) is 0 Å². The number of hydrogen-bond donors (Lipinski definition) is 1. The van der Waals surface area contributed by atoms with E-state index in [-0.39, 0.29) is 18.1 Å². The van der Waals surface area contributed by atoms with Crippen molar-refractivity contribution >= 4 is 17.6 Å². The monoisotopic (exact) mass is 340 g/mol. The maximum Gasteiger partial charge on any atom is 0.340 e. The normalized spacial score (nSPS) is 16.2. The van der Waals surface area contributed by atoms with Crippen molar-refractivity contribution in [2.24, 2.45) is 0 Å². The second-order valence-electron chi connectivity index (χ2n) is 6.94. The van der Waals surface area contributed by atoms with Crippen molar-refractivity contribution < 1.29 is 14.3 Å². The Morgan fingerprint density at radius 3 is 2.60 bits per heavy atom. The molecule has 1 aromatic carbocycles. The molecule has 0 radical (unpaired) electrons. The third kappa shape index (κ3) is 2.95.